The molecule has 0 aliphatic carbocycles. The Kier molecular flexibility index (Phi) is 24.3. The molecule has 19 heteroatoms. The van der Waals surface area contributed by atoms with E-state index >= 15 is 0 Å². The number of hydrogen-bond donors (Lipinski definition) is 6. The number of anilines is 7. The predicted octanol–water partition coefficient (Wildman–Crippen LogP) is 12.1. The Morgan fingerprint density at radius 1 is 0.514 bits per heavy atom. The van der Waals surface area contributed by atoms with Gasteiger partial charge in [-0.15, -0.1) is 0 Å². The Labute approximate surface area is 441 Å². The highest BCUT2D eigenvalue weighted by atomic mass is 35.5. The molecule has 7 aromatic rings. The molecule has 5 aromatic heterocycles. The van der Waals surface area contributed by atoms with E-state index in [0.717, 1.165) is 125 Å². The fourth-order valence-corrected chi connectivity index (χ4v) is 8.38. The van der Waals surface area contributed by atoms with Gasteiger partial charge in [-0.05, 0) is 191 Å². The van der Waals surface area contributed by atoms with Crippen molar-refractivity contribution in [2.24, 2.45) is 5.73 Å². The van der Waals surface area contributed by atoms with E-state index in [9.17, 15) is 0 Å². The highest BCUT2D eigenvalue weighted by Crippen LogP contribution is 2.28. The summed E-state index contributed by atoms with van der Waals surface area (Å²) in [6.07, 6.45) is 4.61. The molecule has 388 valence electrons. The van der Waals surface area contributed by atoms with Crippen LogP contribution in [0.15, 0.2) is 66.7 Å². The van der Waals surface area contributed by atoms with Crippen LogP contribution >= 0.6 is 34.8 Å². The van der Waals surface area contributed by atoms with Gasteiger partial charge in [-0.1, -0.05) is 39.3 Å². The zero-order valence-corrected chi connectivity index (χ0v) is 46.2. The first kappa shape index (κ1) is 58.8. The SMILES string of the molecule is CCN(CC)CCCC(C)N.CCN(CC)CCCC(C)Nc1nc(C)cc(Nc2ccc3nc(C)cc(N)c3c2)n1.Cc1cc(Cl)nc(Cl)n1.Cc1cc(Nc2ccc3nc(C)cc(N)c3c2)nc(Cl)n1. The van der Waals surface area contributed by atoms with Gasteiger partial charge in [0.2, 0.25) is 16.5 Å². The van der Waals surface area contributed by atoms with Gasteiger partial charge in [-0.2, -0.15) is 4.98 Å². The normalized spacial score (nSPS) is 11.8. The van der Waals surface area contributed by atoms with Crippen molar-refractivity contribution in [3.05, 3.63) is 111 Å². The maximum Gasteiger partial charge on any atom is 0.225 e. The van der Waals surface area contributed by atoms with Crippen LogP contribution in [0.3, 0.4) is 0 Å². The monoisotopic (exact) mass is 1040 g/mol. The fraction of sp³-hybridized carbons (Fsp3) is 0.434. The molecule has 2 unspecified atom stereocenters. The van der Waals surface area contributed by atoms with Crippen molar-refractivity contribution in [3.63, 3.8) is 0 Å². The van der Waals surface area contributed by atoms with Gasteiger partial charge in [-0.25, -0.2) is 24.9 Å². The lowest BCUT2D eigenvalue weighted by Crippen LogP contribution is -2.26. The van der Waals surface area contributed by atoms with Crippen molar-refractivity contribution >= 4 is 96.9 Å². The third-order valence-corrected chi connectivity index (χ3v) is 11.9. The highest BCUT2D eigenvalue weighted by molar-refractivity contribution is 6.31. The van der Waals surface area contributed by atoms with Gasteiger partial charge in [0.05, 0.1) is 11.0 Å². The molecule has 0 saturated heterocycles. The van der Waals surface area contributed by atoms with Crippen LogP contribution in [-0.4, -0.2) is 101 Å². The number of nitrogen functional groups attached to an aromatic ring is 2. The molecular weight excluding hydrogens is 967 g/mol. The standard InChI is InChI=1S/C24H35N7.C15H14ClN5.C9H22N2.C5H4Cl2N2/c1-6-31(7-2)12-8-9-16(3)27-24-28-18(5)14-23(30-24)29-19-10-11-22-20(15-19)21(25)13-17(4)26-22;1-8-5-12(17)11-7-10(3-4-13(11)18-8)20-14-6-9(2)19-15(16)21-14;1-4-11(5-2)8-6-7-9(3)10;1-3-2-4(6)9-5(7)8-3/h10-11,13-16H,6-9,12H2,1-5H3,(H2,25,26)(H2,27,28,29,30);3-7H,1-2H3,(H2,17,18)(H,19,20,21);9H,4-8,10H2,1-3H3;2H,1H3. The zero-order valence-electron chi connectivity index (χ0n) is 43.9. The molecule has 2 atom stereocenters. The van der Waals surface area contributed by atoms with Gasteiger partial charge >= 0.3 is 0 Å². The molecule has 5 heterocycles. The van der Waals surface area contributed by atoms with Gasteiger partial charge < -0.3 is 43.0 Å². The quantitative estimate of drug-likeness (QED) is 0.0347. The molecule has 16 nitrogen and oxygen atoms in total. The summed E-state index contributed by atoms with van der Waals surface area (Å²) in [5, 5.41) is 12.7. The Hall–Kier alpha value is -5.75. The smallest absolute Gasteiger partial charge is 0.225 e. The number of nitrogens with zero attached hydrogens (tertiary/aromatic N) is 10. The van der Waals surface area contributed by atoms with Crippen molar-refractivity contribution in [1.29, 1.82) is 0 Å². The molecule has 72 heavy (non-hydrogen) atoms. The van der Waals surface area contributed by atoms with E-state index in [-0.39, 0.29) is 10.6 Å². The summed E-state index contributed by atoms with van der Waals surface area (Å²) in [5.41, 5.74) is 27.2. The lowest BCUT2D eigenvalue weighted by molar-refractivity contribution is 0.294. The summed E-state index contributed by atoms with van der Waals surface area (Å²) in [6, 6.07) is 21.6. The summed E-state index contributed by atoms with van der Waals surface area (Å²) in [6.45, 7) is 29.5. The van der Waals surface area contributed by atoms with Crippen LogP contribution in [0.4, 0.5) is 40.3 Å². The molecule has 0 radical (unpaired) electrons. The third kappa shape index (κ3) is 20.4. The van der Waals surface area contributed by atoms with E-state index in [1.807, 2.05) is 88.4 Å². The molecule has 0 spiro atoms. The molecule has 7 rings (SSSR count). The van der Waals surface area contributed by atoms with Crippen molar-refractivity contribution < 1.29 is 0 Å². The molecule has 0 saturated carbocycles. The van der Waals surface area contributed by atoms with Crippen molar-refractivity contribution in [2.75, 3.05) is 66.7 Å². The first-order valence-corrected chi connectivity index (χ1v) is 25.8. The minimum absolute atomic E-state index is 0.194. The van der Waals surface area contributed by atoms with Crippen LogP contribution in [0.5, 0.6) is 0 Å². The molecular formula is C53H75Cl3N16. The minimum atomic E-state index is 0.194. The molecule has 9 N–H and O–H groups in total. The van der Waals surface area contributed by atoms with Crippen LogP contribution in [0.2, 0.25) is 15.7 Å². The Bertz CT molecular complexity index is 2710. The third-order valence-electron chi connectivity index (χ3n) is 11.4. The number of benzene rings is 2. The van der Waals surface area contributed by atoms with Crippen LogP contribution in [0.1, 0.15) is 95.7 Å². The second-order valence-corrected chi connectivity index (χ2v) is 18.8. The van der Waals surface area contributed by atoms with Crippen molar-refractivity contribution in [3.8, 4) is 0 Å². The van der Waals surface area contributed by atoms with Gasteiger partial charge in [0.15, 0.2) is 0 Å². The second-order valence-electron chi connectivity index (χ2n) is 17.8. The summed E-state index contributed by atoms with van der Waals surface area (Å²) < 4.78 is 0. The number of nitrogens with two attached hydrogens (primary N) is 3. The van der Waals surface area contributed by atoms with E-state index in [0.29, 0.717) is 34.7 Å². The van der Waals surface area contributed by atoms with Gasteiger partial charge in [0.1, 0.15) is 16.8 Å². The summed E-state index contributed by atoms with van der Waals surface area (Å²) in [7, 11) is 0. The van der Waals surface area contributed by atoms with E-state index in [2.05, 4.69) is 107 Å². The Morgan fingerprint density at radius 2 is 0.944 bits per heavy atom. The first-order chi connectivity index (χ1) is 34.3. The predicted molar refractivity (Wildman–Crippen MR) is 304 cm³/mol. The summed E-state index contributed by atoms with van der Waals surface area (Å²) in [4.78, 5) is 38.8. The lowest BCUT2D eigenvalue weighted by Gasteiger charge is -2.20. The maximum absolute atomic E-state index is 6.19. The van der Waals surface area contributed by atoms with E-state index < -0.39 is 0 Å². The van der Waals surface area contributed by atoms with Crippen molar-refractivity contribution in [1.82, 2.24) is 49.7 Å². The van der Waals surface area contributed by atoms with Crippen LogP contribution in [-0.2, 0) is 0 Å². The number of pyridine rings is 2. The highest BCUT2D eigenvalue weighted by Gasteiger charge is 2.11. The lowest BCUT2D eigenvalue weighted by atomic mass is 10.1. The van der Waals surface area contributed by atoms with Crippen LogP contribution < -0.4 is 33.2 Å². The van der Waals surface area contributed by atoms with Crippen molar-refractivity contribution in [2.45, 2.75) is 114 Å². The van der Waals surface area contributed by atoms with E-state index in [4.69, 9.17) is 52.0 Å². The summed E-state index contributed by atoms with van der Waals surface area (Å²) >= 11 is 16.8. The van der Waals surface area contributed by atoms with Gasteiger partial charge in [0.25, 0.3) is 0 Å². The second kappa shape index (κ2) is 29.7. The number of aryl methyl sites for hydroxylation is 5. The molecule has 0 aliphatic heterocycles. The molecule has 0 aliphatic rings. The molecule has 2 aromatic carbocycles. The average Bonchev–Trinajstić information content (AvgIpc) is 3.29. The summed E-state index contributed by atoms with van der Waals surface area (Å²) in [5.74, 6) is 2.05. The van der Waals surface area contributed by atoms with Crippen LogP contribution in [0.25, 0.3) is 21.8 Å². The van der Waals surface area contributed by atoms with Gasteiger partial charge in [-0.3, -0.25) is 9.97 Å². The molecule has 0 fully saturated rings. The first-order valence-electron chi connectivity index (χ1n) is 24.7. The zero-order chi connectivity index (χ0) is 52.9. The van der Waals surface area contributed by atoms with Gasteiger partial charge in [0, 0.05) is 86.2 Å². The number of halogens is 3. The number of fused-ring (bicyclic) bond motifs is 2. The number of aromatic nitrogens is 8. The topological polar surface area (TPSA) is 224 Å². The molecule has 0 amide bonds. The van der Waals surface area contributed by atoms with E-state index in [1.54, 1.807) is 13.0 Å². The minimum Gasteiger partial charge on any atom is -0.398 e. The molecule has 0 bridgehead atoms. The van der Waals surface area contributed by atoms with E-state index in [1.165, 1.54) is 13.0 Å². The largest absolute Gasteiger partial charge is 0.398 e. The van der Waals surface area contributed by atoms with Crippen LogP contribution in [0, 0.1) is 34.6 Å². The Morgan fingerprint density at radius 3 is 1.39 bits per heavy atom. The average molecular weight is 1040 g/mol. The number of hydrogen-bond acceptors (Lipinski definition) is 16. The number of nitrogens with one attached hydrogen (secondary N) is 3. The Balaban J connectivity index is 0.000000234. The number of rotatable bonds is 18. The maximum atomic E-state index is 6.19. The fourth-order valence-electron chi connectivity index (χ4n) is 7.65.